The Morgan fingerprint density at radius 3 is 2.86 bits per heavy atom. The van der Waals surface area contributed by atoms with E-state index in [0.29, 0.717) is 11.7 Å². The predicted molar refractivity (Wildman–Crippen MR) is 84.7 cm³/mol. The number of carbonyl (C=O) groups excluding carboxylic acids is 1. The fourth-order valence-electron chi connectivity index (χ4n) is 2.43. The zero-order valence-corrected chi connectivity index (χ0v) is 13.3. The minimum atomic E-state index is -0.0758. The molecule has 1 aromatic heterocycles. The highest BCUT2D eigenvalue weighted by molar-refractivity contribution is 5.92. The number of hydrogen-bond acceptors (Lipinski definition) is 5. The van der Waals surface area contributed by atoms with Crippen molar-refractivity contribution in [1.29, 1.82) is 0 Å². The van der Waals surface area contributed by atoms with E-state index in [1.807, 2.05) is 12.1 Å². The standard InChI is InChI=1S/C15H25N5O/c1-18(2)15(21)13-6-5-7-14(17-13)16-10-12-11-19(3)8-9-20(12)4/h5-7,12H,8-11H2,1-4H3,(H,16,17). The van der Waals surface area contributed by atoms with Gasteiger partial charge in [0, 0.05) is 46.3 Å². The summed E-state index contributed by atoms with van der Waals surface area (Å²) in [4.78, 5) is 22.5. The number of pyridine rings is 1. The molecule has 1 fully saturated rings. The second-order valence-electron chi connectivity index (χ2n) is 5.89. The molecule has 0 aromatic carbocycles. The molecule has 1 N–H and O–H groups in total. The molecule has 1 amide bonds. The van der Waals surface area contributed by atoms with Gasteiger partial charge in [-0.15, -0.1) is 0 Å². The minimum Gasteiger partial charge on any atom is -0.368 e. The van der Waals surface area contributed by atoms with E-state index >= 15 is 0 Å². The summed E-state index contributed by atoms with van der Waals surface area (Å²) in [6.07, 6.45) is 0. The molecule has 1 saturated heterocycles. The van der Waals surface area contributed by atoms with Gasteiger partial charge in [-0.05, 0) is 26.2 Å². The van der Waals surface area contributed by atoms with Gasteiger partial charge in [-0.3, -0.25) is 9.69 Å². The Morgan fingerprint density at radius 2 is 2.14 bits per heavy atom. The molecule has 21 heavy (non-hydrogen) atoms. The molecule has 1 aliphatic rings. The normalized spacial score (nSPS) is 20.3. The van der Waals surface area contributed by atoms with Crippen LogP contribution in [0.1, 0.15) is 10.5 Å². The second kappa shape index (κ2) is 6.87. The van der Waals surface area contributed by atoms with E-state index in [0.717, 1.165) is 32.0 Å². The Hall–Kier alpha value is -1.66. The Labute approximate surface area is 126 Å². The van der Waals surface area contributed by atoms with Crippen LogP contribution in [0.2, 0.25) is 0 Å². The van der Waals surface area contributed by atoms with Crippen molar-refractivity contribution in [3.63, 3.8) is 0 Å². The smallest absolute Gasteiger partial charge is 0.272 e. The topological polar surface area (TPSA) is 51.7 Å². The second-order valence-corrected chi connectivity index (χ2v) is 5.89. The van der Waals surface area contributed by atoms with Crippen LogP contribution in [0.25, 0.3) is 0 Å². The molecule has 6 heteroatoms. The van der Waals surface area contributed by atoms with Gasteiger partial charge in [-0.25, -0.2) is 4.98 Å². The molecule has 116 valence electrons. The molecule has 1 unspecified atom stereocenters. The van der Waals surface area contributed by atoms with Gasteiger partial charge < -0.3 is 15.1 Å². The van der Waals surface area contributed by atoms with Gasteiger partial charge in [0.1, 0.15) is 11.5 Å². The van der Waals surface area contributed by atoms with Gasteiger partial charge in [0.15, 0.2) is 0 Å². The van der Waals surface area contributed by atoms with Crippen LogP contribution in [-0.2, 0) is 0 Å². The van der Waals surface area contributed by atoms with E-state index in [-0.39, 0.29) is 5.91 Å². The van der Waals surface area contributed by atoms with Crippen LogP contribution in [0.4, 0.5) is 5.82 Å². The van der Waals surface area contributed by atoms with Crippen LogP contribution in [0, 0.1) is 0 Å². The van der Waals surface area contributed by atoms with E-state index < -0.39 is 0 Å². The van der Waals surface area contributed by atoms with Crippen molar-refractivity contribution in [2.24, 2.45) is 0 Å². The SMILES string of the molecule is CN1CCN(C)C(CNc2cccc(C(=O)N(C)C)n2)C1. The quantitative estimate of drug-likeness (QED) is 0.872. The lowest BCUT2D eigenvalue weighted by Gasteiger charge is -2.37. The molecule has 1 aliphatic heterocycles. The van der Waals surface area contributed by atoms with E-state index in [1.54, 1.807) is 20.2 Å². The van der Waals surface area contributed by atoms with Crippen LogP contribution in [0.3, 0.4) is 0 Å². The van der Waals surface area contributed by atoms with Crippen molar-refractivity contribution < 1.29 is 4.79 Å². The molecule has 6 nitrogen and oxygen atoms in total. The number of likely N-dealkylation sites (N-methyl/N-ethyl adjacent to an activating group) is 2. The number of carbonyl (C=O) groups is 1. The molecular formula is C15H25N5O. The number of aromatic nitrogens is 1. The van der Waals surface area contributed by atoms with E-state index in [1.165, 1.54) is 4.90 Å². The molecule has 0 saturated carbocycles. The number of rotatable bonds is 4. The first-order valence-electron chi connectivity index (χ1n) is 7.28. The molecule has 0 radical (unpaired) electrons. The monoisotopic (exact) mass is 291 g/mol. The van der Waals surface area contributed by atoms with Crippen molar-refractivity contribution in [1.82, 2.24) is 19.7 Å². The van der Waals surface area contributed by atoms with Gasteiger partial charge >= 0.3 is 0 Å². The Morgan fingerprint density at radius 1 is 1.38 bits per heavy atom. The Balaban J connectivity index is 1.97. The number of amides is 1. The van der Waals surface area contributed by atoms with Gasteiger partial charge in [-0.2, -0.15) is 0 Å². The molecular weight excluding hydrogens is 266 g/mol. The maximum absolute atomic E-state index is 11.9. The first-order valence-corrected chi connectivity index (χ1v) is 7.28. The van der Waals surface area contributed by atoms with Crippen molar-refractivity contribution in [2.75, 3.05) is 59.7 Å². The zero-order chi connectivity index (χ0) is 15.4. The highest BCUT2D eigenvalue weighted by Gasteiger charge is 2.21. The highest BCUT2D eigenvalue weighted by Crippen LogP contribution is 2.10. The van der Waals surface area contributed by atoms with Crippen LogP contribution >= 0.6 is 0 Å². The van der Waals surface area contributed by atoms with Crippen LogP contribution < -0.4 is 5.32 Å². The third kappa shape index (κ3) is 4.15. The number of nitrogens with one attached hydrogen (secondary N) is 1. The molecule has 2 heterocycles. The number of anilines is 1. The summed E-state index contributed by atoms with van der Waals surface area (Å²) in [6.45, 7) is 4.06. The third-order valence-electron chi connectivity index (χ3n) is 3.87. The molecule has 1 atom stereocenters. The van der Waals surface area contributed by atoms with Crippen molar-refractivity contribution in [3.05, 3.63) is 23.9 Å². The Kier molecular flexibility index (Phi) is 5.14. The summed E-state index contributed by atoms with van der Waals surface area (Å²) in [6, 6.07) is 5.97. The first kappa shape index (κ1) is 15.7. The van der Waals surface area contributed by atoms with E-state index in [2.05, 4.69) is 34.2 Å². The molecule has 2 rings (SSSR count). The number of nitrogens with zero attached hydrogens (tertiary/aromatic N) is 4. The maximum Gasteiger partial charge on any atom is 0.272 e. The van der Waals surface area contributed by atoms with E-state index in [4.69, 9.17) is 0 Å². The lowest BCUT2D eigenvalue weighted by molar-refractivity contribution is 0.0822. The average molecular weight is 291 g/mol. The zero-order valence-electron chi connectivity index (χ0n) is 13.3. The summed E-state index contributed by atoms with van der Waals surface area (Å²) in [5, 5.41) is 3.35. The van der Waals surface area contributed by atoms with Crippen LogP contribution in [0.5, 0.6) is 0 Å². The fraction of sp³-hybridized carbons (Fsp3) is 0.600. The summed E-state index contributed by atoms with van der Waals surface area (Å²) >= 11 is 0. The van der Waals surface area contributed by atoms with Gasteiger partial charge in [0.05, 0.1) is 0 Å². The number of hydrogen-bond donors (Lipinski definition) is 1. The predicted octanol–water partition coefficient (Wildman–Crippen LogP) is 0.441. The summed E-state index contributed by atoms with van der Waals surface area (Å²) in [7, 11) is 7.77. The Bertz CT molecular complexity index is 491. The van der Waals surface area contributed by atoms with Crippen LogP contribution in [0.15, 0.2) is 18.2 Å². The van der Waals surface area contributed by atoms with Gasteiger partial charge in [-0.1, -0.05) is 6.07 Å². The van der Waals surface area contributed by atoms with Crippen molar-refractivity contribution >= 4 is 11.7 Å². The molecule has 1 aromatic rings. The molecule has 0 bridgehead atoms. The summed E-state index contributed by atoms with van der Waals surface area (Å²) in [5.41, 5.74) is 0.471. The minimum absolute atomic E-state index is 0.0758. The lowest BCUT2D eigenvalue weighted by atomic mass is 10.2. The third-order valence-corrected chi connectivity index (χ3v) is 3.87. The largest absolute Gasteiger partial charge is 0.368 e. The van der Waals surface area contributed by atoms with E-state index in [9.17, 15) is 4.79 Å². The van der Waals surface area contributed by atoms with Gasteiger partial charge in [0.2, 0.25) is 0 Å². The average Bonchev–Trinajstić information content (AvgIpc) is 2.47. The lowest BCUT2D eigenvalue weighted by Crippen LogP contribution is -2.52. The van der Waals surface area contributed by atoms with Crippen molar-refractivity contribution in [3.8, 4) is 0 Å². The fourth-order valence-corrected chi connectivity index (χ4v) is 2.43. The summed E-state index contributed by atoms with van der Waals surface area (Å²) in [5.74, 6) is 0.678. The highest BCUT2D eigenvalue weighted by atomic mass is 16.2. The van der Waals surface area contributed by atoms with Gasteiger partial charge in [0.25, 0.3) is 5.91 Å². The van der Waals surface area contributed by atoms with Crippen LogP contribution in [-0.4, -0.2) is 86.0 Å². The molecule has 0 spiro atoms. The number of piperazine rings is 1. The summed E-state index contributed by atoms with van der Waals surface area (Å²) < 4.78 is 0. The van der Waals surface area contributed by atoms with Crippen molar-refractivity contribution in [2.45, 2.75) is 6.04 Å². The maximum atomic E-state index is 11.9. The molecule has 0 aliphatic carbocycles. The first-order chi connectivity index (χ1) is 9.97.